The Morgan fingerprint density at radius 3 is 2.33 bits per heavy atom. The molecule has 3 unspecified atom stereocenters. The van der Waals surface area contributed by atoms with Crippen molar-refractivity contribution in [2.24, 2.45) is 11.8 Å². The van der Waals surface area contributed by atoms with E-state index in [0.717, 1.165) is 6.42 Å². The van der Waals surface area contributed by atoms with Crippen LogP contribution in [0.25, 0.3) is 0 Å². The molecule has 15 heavy (non-hydrogen) atoms. The van der Waals surface area contributed by atoms with E-state index in [1.807, 2.05) is 20.8 Å². The number of carbonyl (C=O) groups is 2. The highest BCUT2D eigenvalue weighted by Gasteiger charge is 2.49. The van der Waals surface area contributed by atoms with Crippen LogP contribution in [0.15, 0.2) is 0 Å². The van der Waals surface area contributed by atoms with Gasteiger partial charge in [0.15, 0.2) is 0 Å². The van der Waals surface area contributed by atoms with E-state index < -0.39 is 11.9 Å². The van der Waals surface area contributed by atoms with Crippen LogP contribution in [-0.4, -0.2) is 34.5 Å². The minimum Gasteiger partial charge on any atom is -0.481 e. The zero-order valence-electron chi connectivity index (χ0n) is 9.56. The molecular formula is C11H19NO3. The summed E-state index contributed by atoms with van der Waals surface area (Å²) < 4.78 is 0. The summed E-state index contributed by atoms with van der Waals surface area (Å²) in [7, 11) is 0. The van der Waals surface area contributed by atoms with Crippen molar-refractivity contribution in [2.45, 2.75) is 39.7 Å². The highest BCUT2D eigenvalue weighted by atomic mass is 16.4. The molecule has 0 bridgehead atoms. The lowest BCUT2D eigenvalue weighted by atomic mass is 10.2. The number of hydrogen-bond donors (Lipinski definition) is 1. The maximum absolute atomic E-state index is 11.9. The highest BCUT2D eigenvalue weighted by molar-refractivity contribution is 5.89. The van der Waals surface area contributed by atoms with Crippen LogP contribution in [0, 0.1) is 11.8 Å². The van der Waals surface area contributed by atoms with Crippen LogP contribution in [0.2, 0.25) is 0 Å². The Labute approximate surface area is 90.3 Å². The molecule has 1 aliphatic rings. The van der Waals surface area contributed by atoms with Crippen LogP contribution in [0.5, 0.6) is 0 Å². The zero-order valence-corrected chi connectivity index (χ0v) is 9.56. The van der Waals surface area contributed by atoms with Crippen LogP contribution in [0.4, 0.5) is 0 Å². The van der Waals surface area contributed by atoms with Gasteiger partial charge in [-0.1, -0.05) is 6.92 Å². The summed E-state index contributed by atoms with van der Waals surface area (Å²) >= 11 is 0. The zero-order chi connectivity index (χ0) is 11.6. The van der Waals surface area contributed by atoms with Gasteiger partial charge in [0.2, 0.25) is 5.91 Å². The number of carbonyl (C=O) groups excluding carboxylic acids is 1. The molecule has 0 aromatic rings. The van der Waals surface area contributed by atoms with E-state index in [-0.39, 0.29) is 17.9 Å². The van der Waals surface area contributed by atoms with Crippen molar-refractivity contribution in [3.05, 3.63) is 0 Å². The van der Waals surface area contributed by atoms with Crippen LogP contribution in [0.1, 0.15) is 33.6 Å². The monoisotopic (exact) mass is 213 g/mol. The summed E-state index contributed by atoms with van der Waals surface area (Å²) in [6, 6.07) is 0.206. The molecule has 1 N–H and O–H groups in total. The van der Waals surface area contributed by atoms with Gasteiger partial charge < -0.3 is 10.0 Å². The van der Waals surface area contributed by atoms with Gasteiger partial charge in [0, 0.05) is 12.6 Å². The predicted molar refractivity (Wildman–Crippen MR) is 56.4 cm³/mol. The number of hydrogen-bond acceptors (Lipinski definition) is 2. The number of carboxylic acid groups (broad SMARTS) is 1. The normalized spacial score (nSPS) is 25.8. The highest BCUT2D eigenvalue weighted by Crippen LogP contribution is 2.40. The SMILES string of the molecule is CCC(C)N(CC)C(=O)C1CC1C(=O)O. The molecule has 0 spiro atoms. The van der Waals surface area contributed by atoms with E-state index in [2.05, 4.69) is 0 Å². The molecule has 3 atom stereocenters. The average Bonchev–Trinajstić information content (AvgIpc) is 2.97. The van der Waals surface area contributed by atoms with Crippen molar-refractivity contribution in [3.63, 3.8) is 0 Å². The van der Waals surface area contributed by atoms with Crippen LogP contribution in [0.3, 0.4) is 0 Å². The largest absolute Gasteiger partial charge is 0.481 e. The lowest BCUT2D eigenvalue weighted by Gasteiger charge is -2.27. The number of nitrogens with zero attached hydrogens (tertiary/aromatic N) is 1. The second-order valence-electron chi connectivity index (χ2n) is 4.17. The Morgan fingerprint density at radius 2 is 2.00 bits per heavy atom. The molecule has 0 aromatic heterocycles. The molecule has 0 saturated heterocycles. The average molecular weight is 213 g/mol. The van der Waals surface area contributed by atoms with Gasteiger partial charge >= 0.3 is 5.97 Å². The molecule has 86 valence electrons. The molecule has 1 fully saturated rings. The van der Waals surface area contributed by atoms with Crippen molar-refractivity contribution in [3.8, 4) is 0 Å². The summed E-state index contributed by atoms with van der Waals surface area (Å²) in [4.78, 5) is 24.4. The quantitative estimate of drug-likeness (QED) is 0.750. The Bertz CT molecular complexity index is 265. The number of rotatable bonds is 5. The molecule has 0 aliphatic heterocycles. The maximum Gasteiger partial charge on any atom is 0.307 e. The smallest absolute Gasteiger partial charge is 0.307 e. The van der Waals surface area contributed by atoms with E-state index in [9.17, 15) is 9.59 Å². The van der Waals surface area contributed by atoms with Gasteiger partial charge in [-0.25, -0.2) is 0 Å². The standard InChI is InChI=1S/C11H19NO3/c1-4-7(3)12(5-2)10(13)8-6-9(8)11(14)15/h7-9H,4-6H2,1-3H3,(H,14,15). The summed E-state index contributed by atoms with van der Waals surface area (Å²) in [5.41, 5.74) is 0. The van der Waals surface area contributed by atoms with Gasteiger partial charge in [-0.15, -0.1) is 0 Å². The molecule has 0 radical (unpaired) electrons. The number of amides is 1. The molecule has 4 heteroatoms. The summed E-state index contributed by atoms with van der Waals surface area (Å²) in [6.45, 7) is 6.63. The van der Waals surface area contributed by atoms with Gasteiger partial charge in [0.05, 0.1) is 11.8 Å². The van der Waals surface area contributed by atoms with E-state index >= 15 is 0 Å². The van der Waals surface area contributed by atoms with Crippen LogP contribution in [-0.2, 0) is 9.59 Å². The molecule has 1 amide bonds. The topological polar surface area (TPSA) is 57.6 Å². The molecule has 4 nitrogen and oxygen atoms in total. The summed E-state index contributed by atoms with van der Waals surface area (Å²) in [5.74, 6) is -1.53. The minimum absolute atomic E-state index is 0.0132. The molecule has 1 saturated carbocycles. The summed E-state index contributed by atoms with van der Waals surface area (Å²) in [5, 5.41) is 8.75. The first-order valence-electron chi connectivity index (χ1n) is 5.56. The van der Waals surface area contributed by atoms with Crippen LogP contribution >= 0.6 is 0 Å². The fraction of sp³-hybridized carbons (Fsp3) is 0.818. The number of carboxylic acids is 1. The van der Waals surface area contributed by atoms with Gasteiger partial charge in [-0.05, 0) is 26.7 Å². The summed E-state index contributed by atoms with van der Waals surface area (Å²) in [6.07, 6.45) is 1.42. The molecule has 0 heterocycles. The lowest BCUT2D eigenvalue weighted by molar-refractivity contribution is -0.142. The fourth-order valence-corrected chi connectivity index (χ4v) is 1.86. The maximum atomic E-state index is 11.9. The third-order valence-electron chi connectivity index (χ3n) is 3.17. The molecule has 1 rings (SSSR count). The number of aliphatic carboxylic acids is 1. The Kier molecular flexibility index (Phi) is 3.72. The van der Waals surface area contributed by atoms with Crippen LogP contribution < -0.4 is 0 Å². The first-order chi connectivity index (χ1) is 7.02. The van der Waals surface area contributed by atoms with E-state index in [4.69, 9.17) is 5.11 Å². The minimum atomic E-state index is -0.839. The molecule has 1 aliphatic carbocycles. The fourth-order valence-electron chi connectivity index (χ4n) is 1.86. The Morgan fingerprint density at radius 1 is 1.40 bits per heavy atom. The van der Waals surface area contributed by atoms with Crippen molar-refractivity contribution >= 4 is 11.9 Å². The van der Waals surface area contributed by atoms with Crippen molar-refractivity contribution in [2.75, 3.05) is 6.54 Å². The van der Waals surface area contributed by atoms with Gasteiger partial charge in [0.25, 0.3) is 0 Å². The van der Waals surface area contributed by atoms with Gasteiger partial charge in [-0.3, -0.25) is 9.59 Å². The third-order valence-corrected chi connectivity index (χ3v) is 3.17. The predicted octanol–water partition coefficient (Wildman–Crippen LogP) is 1.35. The Balaban J connectivity index is 2.56. The van der Waals surface area contributed by atoms with E-state index in [0.29, 0.717) is 13.0 Å². The van der Waals surface area contributed by atoms with Crippen molar-refractivity contribution in [1.29, 1.82) is 0 Å². The van der Waals surface area contributed by atoms with Gasteiger partial charge in [0.1, 0.15) is 0 Å². The first kappa shape index (κ1) is 12.0. The van der Waals surface area contributed by atoms with Crippen molar-refractivity contribution < 1.29 is 14.7 Å². The first-order valence-corrected chi connectivity index (χ1v) is 5.56. The van der Waals surface area contributed by atoms with E-state index in [1.165, 1.54) is 0 Å². The Hall–Kier alpha value is -1.06. The molecular weight excluding hydrogens is 194 g/mol. The lowest BCUT2D eigenvalue weighted by Crippen LogP contribution is -2.39. The third kappa shape index (κ3) is 2.49. The van der Waals surface area contributed by atoms with E-state index in [1.54, 1.807) is 4.90 Å². The second kappa shape index (κ2) is 4.64. The second-order valence-corrected chi connectivity index (χ2v) is 4.17. The van der Waals surface area contributed by atoms with Crippen molar-refractivity contribution in [1.82, 2.24) is 4.90 Å². The van der Waals surface area contributed by atoms with Gasteiger partial charge in [-0.2, -0.15) is 0 Å². The molecule has 0 aromatic carbocycles.